The predicted octanol–water partition coefficient (Wildman–Crippen LogP) is -0.807. The second-order valence-corrected chi connectivity index (χ2v) is 6.57. The Morgan fingerprint density at radius 1 is 1.21 bits per heavy atom. The second kappa shape index (κ2) is 10.6. The van der Waals surface area contributed by atoms with Crippen molar-refractivity contribution in [2.45, 2.75) is 24.9 Å². The van der Waals surface area contributed by atoms with Gasteiger partial charge in [-0.3, -0.25) is 4.79 Å². The predicted molar refractivity (Wildman–Crippen MR) is 97.8 cm³/mol. The Kier molecular flexibility index (Phi) is 9.32. The van der Waals surface area contributed by atoms with Crippen LogP contribution in [0.5, 0.6) is 5.75 Å². The summed E-state index contributed by atoms with van der Waals surface area (Å²) in [5, 5.41) is 2.78. The molecule has 1 heterocycles. The number of nitrogens with one attached hydrogen (secondary N) is 1. The molecule has 29 heavy (non-hydrogen) atoms. The maximum absolute atomic E-state index is 13.1. The van der Waals surface area contributed by atoms with Crippen molar-refractivity contribution in [3.05, 3.63) is 71.8 Å². The van der Waals surface area contributed by atoms with Crippen LogP contribution in [0, 0.1) is 5.92 Å². The van der Waals surface area contributed by atoms with Gasteiger partial charge >= 0.3 is 25.0 Å². The van der Waals surface area contributed by atoms with Crippen molar-refractivity contribution >= 4 is 11.6 Å². The number of alkyl halides is 3. The molecule has 0 spiro atoms. The molecule has 0 fully saturated rings. The van der Waals surface area contributed by atoms with Crippen LogP contribution in [0.3, 0.4) is 0 Å². The monoisotopic (exact) mass is 509 g/mol. The number of hydrogen-bond donors (Lipinski definition) is 1. The Bertz CT molecular complexity index is 856. The Morgan fingerprint density at radius 3 is 2.41 bits per heavy atom. The number of halogens is 4. The summed E-state index contributed by atoms with van der Waals surface area (Å²) in [7, 11) is 1.56. The molecule has 1 amide bonds. The van der Waals surface area contributed by atoms with E-state index in [1.165, 1.54) is 6.07 Å². The molecule has 0 aliphatic carbocycles. The largest absolute Gasteiger partial charge is 1.00 e. The van der Waals surface area contributed by atoms with Gasteiger partial charge in [0.05, 0.1) is 12.7 Å². The minimum atomic E-state index is -4.43. The van der Waals surface area contributed by atoms with Crippen molar-refractivity contribution in [1.29, 1.82) is 0 Å². The van der Waals surface area contributed by atoms with Crippen molar-refractivity contribution in [1.82, 2.24) is 0 Å². The third kappa shape index (κ3) is 5.80. The molecule has 0 bridgehead atoms. The van der Waals surface area contributed by atoms with E-state index >= 15 is 0 Å². The van der Waals surface area contributed by atoms with Gasteiger partial charge in [0.15, 0.2) is 0 Å². The van der Waals surface area contributed by atoms with E-state index in [1.54, 1.807) is 25.3 Å². The zero-order valence-corrected chi connectivity index (χ0v) is 18.4. The normalized spacial score (nSPS) is 18.3. The van der Waals surface area contributed by atoms with Gasteiger partial charge in [-0.25, -0.2) is 0 Å². The van der Waals surface area contributed by atoms with Crippen molar-refractivity contribution in [3.63, 3.8) is 0 Å². The molecule has 1 N–H and O–H groups in total. The summed E-state index contributed by atoms with van der Waals surface area (Å²) < 4.78 is 44.5. The molecular weight excluding hydrogens is 489 g/mol. The number of amides is 1. The molecule has 3 rings (SSSR count). The minimum Gasteiger partial charge on any atom is -1.00 e. The number of ether oxygens (including phenoxy) is 1. The quantitative estimate of drug-likeness (QED) is 0.333. The topological polar surface area (TPSA) is 38.3 Å². The van der Waals surface area contributed by atoms with Crippen molar-refractivity contribution in [3.8, 4) is 5.75 Å². The average molecular weight is 509 g/mol. The second-order valence-electron chi connectivity index (χ2n) is 6.57. The summed E-state index contributed by atoms with van der Waals surface area (Å²) in [4.78, 5) is 12.7. The maximum atomic E-state index is 13.1. The van der Waals surface area contributed by atoms with Gasteiger partial charge in [0.1, 0.15) is 5.75 Å². The molecule has 1 aliphatic rings. The molecule has 0 saturated heterocycles. The minimum absolute atomic E-state index is 0. The molecule has 1 aliphatic heterocycles. The third-order valence-corrected chi connectivity index (χ3v) is 4.92. The number of benzene rings is 2. The van der Waals surface area contributed by atoms with Gasteiger partial charge in [0.25, 0.3) is 0 Å². The molecule has 2 atom stereocenters. The number of methoxy groups -OCH3 is 1. The zero-order valence-electron chi connectivity index (χ0n) is 16.2. The van der Waals surface area contributed by atoms with Crippen LogP contribution in [0.25, 0.3) is 0 Å². The van der Waals surface area contributed by atoms with Crippen LogP contribution < -0.4 is 52.9 Å². The number of anilines is 1. The average Bonchev–Trinajstić information content (AvgIpc) is 2.77. The van der Waals surface area contributed by atoms with Crippen LogP contribution in [-0.2, 0) is 17.4 Å². The SMILES string of the molecule is C=CCC1C(=O)Nc2ccc(C(F)(F)F)cc2CC1c1ccc(OC)cc1.[I-].[Li+]. The van der Waals surface area contributed by atoms with E-state index < -0.39 is 17.7 Å². The fourth-order valence-electron chi connectivity index (χ4n) is 3.50. The first-order chi connectivity index (χ1) is 12.8. The molecule has 8 heteroatoms. The van der Waals surface area contributed by atoms with Crippen LogP contribution in [0.4, 0.5) is 18.9 Å². The van der Waals surface area contributed by atoms with Gasteiger partial charge in [-0.05, 0) is 60.2 Å². The molecule has 2 unspecified atom stereocenters. The summed E-state index contributed by atoms with van der Waals surface area (Å²) in [5.74, 6) is -0.220. The molecule has 0 radical (unpaired) electrons. The maximum Gasteiger partial charge on any atom is 1.00 e. The molecule has 2 aromatic carbocycles. The van der Waals surface area contributed by atoms with E-state index in [9.17, 15) is 18.0 Å². The van der Waals surface area contributed by atoms with E-state index in [1.807, 2.05) is 12.1 Å². The number of carbonyl (C=O) groups is 1. The Labute approximate surface area is 197 Å². The van der Waals surface area contributed by atoms with Gasteiger partial charge < -0.3 is 34.0 Å². The number of fused-ring (bicyclic) bond motifs is 1. The van der Waals surface area contributed by atoms with Gasteiger partial charge in [-0.1, -0.05) is 18.2 Å². The number of carbonyl (C=O) groups excluding carboxylic acids is 1. The van der Waals surface area contributed by atoms with Crippen LogP contribution in [0.2, 0.25) is 0 Å². The molecule has 150 valence electrons. The molecule has 2 aromatic rings. The first-order valence-corrected chi connectivity index (χ1v) is 8.59. The summed E-state index contributed by atoms with van der Waals surface area (Å²) in [5.41, 5.74) is 1.07. The zero-order chi connectivity index (χ0) is 19.6. The van der Waals surface area contributed by atoms with E-state index in [0.717, 1.165) is 17.7 Å². The van der Waals surface area contributed by atoms with Crippen LogP contribution in [0.1, 0.15) is 29.0 Å². The number of hydrogen-bond acceptors (Lipinski definition) is 2. The van der Waals surface area contributed by atoms with E-state index in [0.29, 0.717) is 29.8 Å². The van der Waals surface area contributed by atoms with Gasteiger partial charge in [-0.2, -0.15) is 13.2 Å². The third-order valence-electron chi connectivity index (χ3n) is 4.92. The Balaban J connectivity index is 0.00000210. The van der Waals surface area contributed by atoms with E-state index in [4.69, 9.17) is 4.74 Å². The van der Waals surface area contributed by atoms with Crippen LogP contribution in [-0.4, -0.2) is 13.0 Å². The standard InChI is InChI=1S/C21H20F3NO2.HI.Li/c1-3-4-17-18(13-5-8-16(27-2)9-6-13)12-14-11-15(21(22,23)24)7-10-19(14)25-20(17)26;;/h3,5-11,17-18H,1,4,12H2,2H3,(H,25,26);1H;/q;;+1/p-1. The summed E-state index contributed by atoms with van der Waals surface area (Å²) in [6, 6.07) is 10.7. The van der Waals surface area contributed by atoms with Crippen LogP contribution in [0.15, 0.2) is 55.1 Å². The van der Waals surface area contributed by atoms with Crippen molar-refractivity contribution < 1.29 is 65.5 Å². The van der Waals surface area contributed by atoms with E-state index in [-0.39, 0.29) is 54.7 Å². The van der Waals surface area contributed by atoms with Crippen molar-refractivity contribution in [2.24, 2.45) is 5.92 Å². The molecule has 0 saturated carbocycles. The van der Waals surface area contributed by atoms with Gasteiger partial charge in [0, 0.05) is 11.6 Å². The Hall–Kier alpha value is -1.43. The summed E-state index contributed by atoms with van der Waals surface area (Å²) >= 11 is 0. The fraction of sp³-hybridized carbons (Fsp3) is 0.286. The van der Waals surface area contributed by atoms with Gasteiger partial charge in [0.2, 0.25) is 5.91 Å². The molecular formula is C21H20F3ILiNO2. The summed E-state index contributed by atoms with van der Waals surface area (Å²) in [6.45, 7) is 3.72. The number of rotatable bonds is 4. The molecule has 3 nitrogen and oxygen atoms in total. The summed E-state index contributed by atoms with van der Waals surface area (Å²) in [6.07, 6.45) is -2.01. The van der Waals surface area contributed by atoms with Gasteiger partial charge in [-0.15, -0.1) is 6.58 Å². The molecule has 0 aromatic heterocycles. The van der Waals surface area contributed by atoms with E-state index in [2.05, 4.69) is 11.9 Å². The first-order valence-electron chi connectivity index (χ1n) is 8.59. The van der Waals surface area contributed by atoms with Crippen molar-refractivity contribution in [2.75, 3.05) is 12.4 Å². The first kappa shape index (κ1) is 25.6. The number of allylic oxidation sites excluding steroid dienone is 1. The fourth-order valence-corrected chi connectivity index (χ4v) is 3.50. The smallest absolute Gasteiger partial charge is 1.00 e. The van der Waals surface area contributed by atoms with Crippen LogP contribution >= 0.6 is 0 Å². The Morgan fingerprint density at radius 2 is 1.86 bits per heavy atom.